The normalized spacial score (nSPS) is 16.0. The summed E-state index contributed by atoms with van der Waals surface area (Å²) >= 11 is 0. The lowest BCUT2D eigenvalue weighted by Crippen LogP contribution is -2.31. The first-order chi connectivity index (χ1) is 11.9. The molecule has 0 unspecified atom stereocenters. The number of nitrogens with one attached hydrogen (secondary N) is 1. The summed E-state index contributed by atoms with van der Waals surface area (Å²) in [4.78, 5) is 0. The van der Waals surface area contributed by atoms with Gasteiger partial charge < -0.3 is 19.5 Å². The topological polar surface area (TPSA) is 39.7 Å². The molecule has 0 amide bonds. The van der Waals surface area contributed by atoms with Gasteiger partial charge in [-0.05, 0) is 49.1 Å². The molecule has 0 saturated heterocycles. The highest BCUT2D eigenvalue weighted by atomic mass is 16.6. The van der Waals surface area contributed by atoms with Gasteiger partial charge in [-0.25, -0.2) is 0 Å². The molecule has 1 N–H and O–H groups in total. The second kappa shape index (κ2) is 7.14. The number of rotatable bonds is 6. The van der Waals surface area contributed by atoms with Crippen molar-refractivity contribution in [3.8, 4) is 17.2 Å². The molecule has 4 nitrogen and oxygen atoms in total. The summed E-state index contributed by atoms with van der Waals surface area (Å²) in [5, 5.41) is 3.64. The van der Waals surface area contributed by atoms with Crippen LogP contribution >= 0.6 is 0 Å². The van der Waals surface area contributed by atoms with Gasteiger partial charge in [-0.1, -0.05) is 30.3 Å². The van der Waals surface area contributed by atoms with Crippen LogP contribution < -0.4 is 19.5 Å². The lowest BCUT2D eigenvalue weighted by atomic mass is 10.1. The molecular formula is C20H23NO3. The summed E-state index contributed by atoms with van der Waals surface area (Å²) in [6.45, 7) is 2.82. The van der Waals surface area contributed by atoms with E-state index in [1.165, 1.54) is 11.1 Å². The summed E-state index contributed by atoms with van der Waals surface area (Å²) in [6, 6.07) is 15.1. The fourth-order valence-corrected chi connectivity index (χ4v) is 3.42. The van der Waals surface area contributed by atoms with Crippen LogP contribution in [-0.4, -0.2) is 32.4 Å². The molecule has 1 aliphatic heterocycles. The Morgan fingerprint density at radius 1 is 0.958 bits per heavy atom. The van der Waals surface area contributed by atoms with E-state index in [9.17, 15) is 0 Å². The predicted molar refractivity (Wildman–Crippen MR) is 93.2 cm³/mol. The molecule has 0 saturated carbocycles. The van der Waals surface area contributed by atoms with Crippen molar-refractivity contribution in [1.82, 2.24) is 5.32 Å². The highest BCUT2D eigenvalue weighted by Gasteiger charge is 2.20. The van der Waals surface area contributed by atoms with Gasteiger partial charge in [0, 0.05) is 6.04 Å². The second-order valence-corrected chi connectivity index (χ2v) is 6.31. The summed E-state index contributed by atoms with van der Waals surface area (Å²) in [6.07, 6.45) is 3.24. The van der Waals surface area contributed by atoms with Gasteiger partial charge in [-0.3, -0.25) is 0 Å². The number of ether oxygens (including phenoxy) is 3. The van der Waals surface area contributed by atoms with Gasteiger partial charge in [0.25, 0.3) is 0 Å². The molecule has 1 aliphatic carbocycles. The first kappa shape index (κ1) is 15.3. The fraction of sp³-hybridized carbons (Fsp3) is 0.400. The third-order valence-corrected chi connectivity index (χ3v) is 4.59. The SMILES string of the molecule is c1ccc2c(c1)CC(NCCCOc1cccc3c1OCCO3)C2. The van der Waals surface area contributed by atoms with Gasteiger partial charge >= 0.3 is 0 Å². The summed E-state index contributed by atoms with van der Waals surface area (Å²) in [5.41, 5.74) is 2.97. The Morgan fingerprint density at radius 3 is 2.58 bits per heavy atom. The lowest BCUT2D eigenvalue weighted by molar-refractivity contribution is 0.161. The van der Waals surface area contributed by atoms with Gasteiger partial charge in [0.1, 0.15) is 13.2 Å². The predicted octanol–water partition coefficient (Wildman–Crippen LogP) is 2.98. The number of benzene rings is 2. The van der Waals surface area contributed by atoms with Gasteiger partial charge in [-0.15, -0.1) is 0 Å². The molecule has 2 aliphatic rings. The minimum atomic E-state index is 0.559. The molecule has 24 heavy (non-hydrogen) atoms. The van der Waals surface area contributed by atoms with E-state index in [0.717, 1.165) is 43.1 Å². The lowest BCUT2D eigenvalue weighted by Gasteiger charge is -2.21. The second-order valence-electron chi connectivity index (χ2n) is 6.31. The third kappa shape index (κ3) is 3.34. The van der Waals surface area contributed by atoms with E-state index < -0.39 is 0 Å². The van der Waals surface area contributed by atoms with Crippen LogP contribution in [0, 0.1) is 0 Å². The molecule has 2 aromatic carbocycles. The van der Waals surface area contributed by atoms with E-state index in [2.05, 4.69) is 29.6 Å². The van der Waals surface area contributed by atoms with Crippen LogP contribution in [0.5, 0.6) is 17.2 Å². The fourth-order valence-electron chi connectivity index (χ4n) is 3.42. The van der Waals surface area contributed by atoms with Crippen molar-refractivity contribution in [2.24, 2.45) is 0 Å². The van der Waals surface area contributed by atoms with E-state index >= 15 is 0 Å². The van der Waals surface area contributed by atoms with Crippen LogP contribution in [0.3, 0.4) is 0 Å². The van der Waals surface area contributed by atoms with Gasteiger partial charge in [0.05, 0.1) is 6.61 Å². The molecule has 0 aromatic heterocycles. The molecule has 4 rings (SSSR count). The highest BCUT2D eigenvalue weighted by molar-refractivity contribution is 5.51. The first-order valence-corrected chi connectivity index (χ1v) is 8.72. The number of hydrogen-bond acceptors (Lipinski definition) is 4. The van der Waals surface area contributed by atoms with Crippen molar-refractivity contribution < 1.29 is 14.2 Å². The summed E-state index contributed by atoms with van der Waals surface area (Å²) in [7, 11) is 0. The quantitative estimate of drug-likeness (QED) is 0.829. The zero-order valence-electron chi connectivity index (χ0n) is 13.8. The van der Waals surface area contributed by atoms with Crippen LogP contribution in [-0.2, 0) is 12.8 Å². The molecule has 0 radical (unpaired) electrons. The molecule has 0 fully saturated rings. The van der Waals surface area contributed by atoms with Crippen LogP contribution in [0.1, 0.15) is 17.5 Å². The maximum Gasteiger partial charge on any atom is 0.203 e. The van der Waals surface area contributed by atoms with Crippen molar-refractivity contribution >= 4 is 0 Å². The maximum absolute atomic E-state index is 5.89. The van der Waals surface area contributed by atoms with E-state index in [4.69, 9.17) is 14.2 Å². The standard InChI is InChI=1S/C20H23NO3/c1-2-6-16-14-17(13-15(16)5-1)21-9-4-10-22-18-7-3-8-19-20(18)24-12-11-23-19/h1-3,5-8,17,21H,4,9-14H2. The smallest absolute Gasteiger partial charge is 0.203 e. The Balaban J connectivity index is 1.21. The average Bonchev–Trinajstić information content (AvgIpc) is 3.04. The Bertz CT molecular complexity index is 676. The zero-order valence-corrected chi connectivity index (χ0v) is 13.8. The number of para-hydroxylation sites is 1. The van der Waals surface area contributed by atoms with Gasteiger partial charge in [0.2, 0.25) is 5.75 Å². The van der Waals surface area contributed by atoms with Gasteiger partial charge in [-0.2, -0.15) is 0 Å². The molecule has 2 aromatic rings. The Hall–Kier alpha value is -2.20. The van der Waals surface area contributed by atoms with E-state index in [-0.39, 0.29) is 0 Å². The Morgan fingerprint density at radius 2 is 1.75 bits per heavy atom. The molecule has 0 spiro atoms. The Kier molecular flexibility index (Phi) is 4.56. The van der Waals surface area contributed by atoms with Gasteiger partial charge in [0.15, 0.2) is 11.5 Å². The molecular weight excluding hydrogens is 302 g/mol. The summed E-state index contributed by atoms with van der Waals surface area (Å²) < 4.78 is 17.1. The zero-order chi connectivity index (χ0) is 16.2. The van der Waals surface area contributed by atoms with Crippen LogP contribution in [0.15, 0.2) is 42.5 Å². The van der Waals surface area contributed by atoms with Crippen molar-refractivity contribution in [3.63, 3.8) is 0 Å². The minimum absolute atomic E-state index is 0.559. The van der Waals surface area contributed by atoms with E-state index in [1.807, 2.05) is 18.2 Å². The van der Waals surface area contributed by atoms with Crippen molar-refractivity contribution in [3.05, 3.63) is 53.6 Å². The summed E-state index contributed by atoms with van der Waals surface area (Å²) in [5.74, 6) is 2.30. The third-order valence-electron chi connectivity index (χ3n) is 4.59. The molecule has 4 heteroatoms. The van der Waals surface area contributed by atoms with E-state index in [0.29, 0.717) is 25.9 Å². The Labute approximate surface area is 142 Å². The monoisotopic (exact) mass is 325 g/mol. The number of fused-ring (bicyclic) bond motifs is 2. The minimum Gasteiger partial charge on any atom is -0.489 e. The molecule has 0 bridgehead atoms. The first-order valence-electron chi connectivity index (χ1n) is 8.72. The van der Waals surface area contributed by atoms with Crippen molar-refractivity contribution in [2.45, 2.75) is 25.3 Å². The van der Waals surface area contributed by atoms with Crippen LogP contribution in [0.2, 0.25) is 0 Å². The molecule has 1 heterocycles. The largest absolute Gasteiger partial charge is 0.489 e. The maximum atomic E-state index is 5.89. The van der Waals surface area contributed by atoms with Crippen LogP contribution in [0.4, 0.5) is 0 Å². The molecule has 126 valence electrons. The highest BCUT2D eigenvalue weighted by Crippen LogP contribution is 2.38. The van der Waals surface area contributed by atoms with Crippen molar-refractivity contribution in [2.75, 3.05) is 26.4 Å². The number of hydrogen-bond donors (Lipinski definition) is 1. The van der Waals surface area contributed by atoms with Crippen LogP contribution in [0.25, 0.3) is 0 Å². The van der Waals surface area contributed by atoms with Crippen molar-refractivity contribution in [1.29, 1.82) is 0 Å². The van der Waals surface area contributed by atoms with E-state index in [1.54, 1.807) is 0 Å². The average molecular weight is 325 g/mol. The molecule has 0 atom stereocenters.